The number of benzene rings is 1. The highest BCUT2D eigenvalue weighted by Crippen LogP contribution is 2.25. The van der Waals surface area contributed by atoms with Crippen LogP contribution >= 0.6 is 11.3 Å². The standard InChI is InChI=1S/C20H20N4O2S/c1-15-5-7-16(8-6-15)18-14-27-20(22-18)23-19(25)13-24(10-3-9-21)12-17-4-2-11-26-17/h2,4-8,11,14H,3,10,12-13H2,1H3,(H,22,23,25). The molecule has 0 bridgehead atoms. The van der Waals surface area contributed by atoms with Crippen molar-refractivity contribution in [1.29, 1.82) is 5.26 Å². The minimum absolute atomic E-state index is 0.163. The Morgan fingerprint density at radius 1 is 1.33 bits per heavy atom. The van der Waals surface area contributed by atoms with Gasteiger partial charge in [0.1, 0.15) is 5.76 Å². The molecule has 3 rings (SSSR count). The van der Waals surface area contributed by atoms with Gasteiger partial charge in [0.2, 0.25) is 5.91 Å². The molecule has 2 aromatic heterocycles. The van der Waals surface area contributed by atoms with E-state index in [2.05, 4.69) is 16.4 Å². The molecule has 3 aromatic rings. The molecule has 1 N–H and O–H groups in total. The van der Waals surface area contributed by atoms with Crippen molar-refractivity contribution in [3.8, 4) is 17.3 Å². The Labute approximate surface area is 162 Å². The van der Waals surface area contributed by atoms with Crippen molar-refractivity contribution in [3.05, 3.63) is 59.4 Å². The number of carbonyl (C=O) groups excluding carboxylic acids is 1. The molecule has 0 radical (unpaired) electrons. The number of aryl methyl sites for hydroxylation is 1. The van der Waals surface area contributed by atoms with E-state index in [-0.39, 0.29) is 12.5 Å². The second-order valence-corrected chi connectivity index (χ2v) is 7.01. The van der Waals surface area contributed by atoms with Crippen molar-refractivity contribution in [3.63, 3.8) is 0 Å². The Morgan fingerprint density at radius 3 is 2.85 bits per heavy atom. The zero-order valence-corrected chi connectivity index (χ0v) is 15.8. The van der Waals surface area contributed by atoms with Crippen LogP contribution in [0.15, 0.2) is 52.5 Å². The first-order valence-corrected chi connectivity index (χ1v) is 9.46. The predicted molar refractivity (Wildman–Crippen MR) is 105 cm³/mol. The van der Waals surface area contributed by atoms with Gasteiger partial charge < -0.3 is 9.73 Å². The quantitative estimate of drug-likeness (QED) is 0.637. The Hall–Kier alpha value is -2.95. The third kappa shape index (κ3) is 5.51. The molecule has 0 saturated heterocycles. The molecule has 0 aliphatic carbocycles. The van der Waals surface area contributed by atoms with E-state index in [4.69, 9.17) is 9.68 Å². The van der Waals surface area contributed by atoms with Crippen LogP contribution in [0.25, 0.3) is 11.3 Å². The number of anilines is 1. The van der Waals surface area contributed by atoms with Crippen LogP contribution in [0.5, 0.6) is 0 Å². The van der Waals surface area contributed by atoms with Gasteiger partial charge in [-0.1, -0.05) is 29.8 Å². The molecule has 0 aliphatic rings. The van der Waals surface area contributed by atoms with Crippen LogP contribution in [0.4, 0.5) is 5.13 Å². The lowest BCUT2D eigenvalue weighted by Crippen LogP contribution is -2.33. The van der Waals surface area contributed by atoms with Crippen LogP contribution in [-0.2, 0) is 11.3 Å². The lowest BCUT2D eigenvalue weighted by molar-refractivity contribution is -0.117. The summed E-state index contributed by atoms with van der Waals surface area (Å²) in [7, 11) is 0. The minimum Gasteiger partial charge on any atom is -0.468 e. The van der Waals surface area contributed by atoms with Gasteiger partial charge in [0.15, 0.2) is 5.13 Å². The molecule has 0 spiro atoms. The van der Waals surface area contributed by atoms with Crippen LogP contribution in [0.1, 0.15) is 17.7 Å². The van der Waals surface area contributed by atoms with Gasteiger partial charge in [0.05, 0.1) is 31.1 Å². The predicted octanol–water partition coefficient (Wildman–Crippen LogP) is 4.07. The highest BCUT2D eigenvalue weighted by atomic mass is 32.1. The summed E-state index contributed by atoms with van der Waals surface area (Å²) in [4.78, 5) is 18.8. The van der Waals surface area contributed by atoms with Crippen molar-refractivity contribution >= 4 is 22.4 Å². The van der Waals surface area contributed by atoms with Crippen molar-refractivity contribution < 1.29 is 9.21 Å². The number of hydrogen-bond acceptors (Lipinski definition) is 6. The number of nitrogens with zero attached hydrogens (tertiary/aromatic N) is 3. The first-order chi connectivity index (χ1) is 13.1. The van der Waals surface area contributed by atoms with E-state index in [1.165, 1.54) is 16.9 Å². The third-order valence-corrected chi connectivity index (χ3v) is 4.72. The van der Waals surface area contributed by atoms with Crippen molar-refractivity contribution in [2.24, 2.45) is 0 Å². The van der Waals surface area contributed by atoms with Gasteiger partial charge in [-0.2, -0.15) is 5.26 Å². The van der Waals surface area contributed by atoms with E-state index in [1.54, 1.807) is 12.3 Å². The maximum atomic E-state index is 12.4. The van der Waals surface area contributed by atoms with Gasteiger partial charge in [-0.05, 0) is 19.1 Å². The average molecular weight is 380 g/mol. The third-order valence-electron chi connectivity index (χ3n) is 3.96. The highest BCUT2D eigenvalue weighted by molar-refractivity contribution is 7.14. The number of furan rings is 1. The summed E-state index contributed by atoms with van der Waals surface area (Å²) < 4.78 is 5.34. The Balaban J connectivity index is 1.60. The van der Waals surface area contributed by atoms with E-state index in [0.29, 0.717) is 24.6 Å². The average Bonchev–Trinajstić information content (AvgIpc) is 3.32. The molecule has 1 aromatic carbocycles. The normalized spacial score (nSPS) is 10.7. The molecule has 1 amide bonds. The van der Waals surface area contributed by atoms with Crippen molar-refractivity contribution in [1.82, 2.24) is 9.88 Å². The van der Waals surface area contributed by atoms with Crippen molar-refractivity contribution in [2.45, 2.75) is 19.9 Å². The van der Waals surface area contributed by atoms with Crippen LogP contribution < -0.4 is 5.32 Å². The van der Waals surface area contributed by atoms with Gasteiger partial charge >= 0.3 is 0 Å². The fourth-order valence-corrected chi connectivity index (χ4v) is 3.33. The fourth-order valence-electron chi connectivity index (χ4n) is 2.60. The summed E-state index contributed by atoms with van der Waals surface area (Å²) in [6, 6.07) is 13.9. The number of amides is 1. The highest BCUT2D eigenvalue weighted by Gasteiger charge is 2.14. The molecular formula is C20H20N4O2S. The second-order valence-electron chi connectivity index (χ2n) is 6.15. The Bertz CT molecular complexity index is 910. The molecule has 0 aliphatic heterocycles. The van der Waals surface area contributed by atoms with Crippen LogP contribution in [0.3, 0.4) is 0 Å². The first-order valence-electron chi connectivity index (χ1n) is 8.58. The lowest BCUT2D eigenvalue weighted by Gasteiger charge is -2.18. The Kier molecular flexibility index (Phi) is 6.36. The number of thiazole rings is 1. The molecule has 0 unspecified atom stereocenters. The molecule has 0 saturated carbocycles. The summed E-state index contributed by atoms with van der Waals surface area (Å²) in [6.45, 7) is 3.19. The van der Waals surface area contributed by atoms with E-state index < -0.39 is 0 Å². The second kappa shape index (κ2) is 9.12. The summed E-state index contributed by atoms with van der Waals surface area (Å²) >= 11 is 1.39. The van der Waals surface area contributed by atoms with Gasteiger partial charge in [-0.15, -0.1) is 11.3 Å². The topological polar surface area (TPSA) is 82.2 Å². The van der Waals surface area contributed by atoms with Gasteiger partial charge in [-0.25, -0.2) is 4.98 Å². The zero-order valence-electron chi connectivity index (χ0n) is 15.0. The molecular weight excluding hydrogens is 360 g/mol. The summed E-state index contributed by atoms with van der Waals surface area (Å²) in [6.07, 6.45) is 1.95. The number of aromatic nitrogens is 1. The number of carbonyl (C=O) groups is 1. The Morgan fingerprint density at radius 2 is 2.15 bits per heavy atom. The van der Waals surface area contributed by atoms with Crippen LogP contribution in [-0.4, -0.2) is 28.9 Å². The van der Waals surface area contributed by atoms with E-state index in [1.807, 2.05) is 47.5 Å². The lowest BCUT2D eigenvalue weighted by atomic mass is 10.1. The monoisotopic (exact) mass is 380 g/mol. The zero-order chi connectivity index (χ0) is 19.1. The summed E-state index contributed by atoms with van der Waals surface area (Å²) in [5.41, 5.74) is 3.05. The minimum atomic E-state index is -0.163. The van der Waals surface area contributed by atoms with E-state index in [9.17, 15) is 4.79 Å². The number of rotatable bonds is 8. The van der Waals surface area contributed by atoms with Crippen molar-refractivity contribution in [2.75, 3.05) is 18.4 Å². The van der Waals surface area contributed by atoms with Crippen LogP contribution in [0.2, 0.25) is 0 Å². The maximum Gasteiger partial charge on any atom is 0.240 e. The van der Waals surface area contributed by atoms with E-state index in [0.717, 1.165) is 17.0 Å². The largest absolute Gasteiger partial charge is 0.468 e. The smallest absolute Gasteiger partial charge is 0.240 e. The van der Waals surface area contributed by atoms with Gasteiger partial charge in [-0.3, -0.25) is 9.69 Å². The number of hydrogen-bond donors (Lipinski definition) is 1. The maximum absolute atomic E-state index is 12.4. The SMILES string of the molecule is Cc1ccc(-c2csc(NC(=O)CN(CCC#N)Cc3ccco3)n2)cc1. The molecule has 0 atom stereocenters. The molecule has 7 heteroatoms. The number of nitriles is 1. The molecule has 0 fully saturated rings. The number of nitrogens with one attached hydrogen (secondary N) is 1. The van der Waals surface area contributed by atoms with Gasteiger partial charge in [0.25, 0.3) is 0 Å². The molecule has 6 nitrogen and oxygen atoms in total. The summed E-state index contributed by atoms with van der Waals surface area (Å²) in [5, 5.41) is 14.2. The van der Waals surface area contributed by atoms with Crippen LogP contribution in [0, 0.1) is 18.3 Å². The molecule has 138 valence electrons. The molecule has 27 heavy (non-hydrogen) atoms. The summed E-state index contributed by atoms with van der Waals surface area (Å²) in [5.74, 6) is 0.598. The first kappa shape index (κ1) is 18.8. The van der Waals surface area contributed by atoms with Gasteiger partial charge in [0, 0.05) is 23.9 Å². The fraction of sp³-hybridized carbons (Fsp3) is 0.250. The van der Waals surface area contributed by atoms with E-state index >= 15 is 0 Å². The molecule has 2 heterocycles.